The molecule has 0 radical (unpaired) electrons. The summed E-state index contributed by atoms with van der Waals surface area (Å²) >= 11 is 0. The molecule has 1 fully saturated rings. The van der Waals surface area contributed by atoms with Gasteiger partial charge in [-0.25, -0.2) is 9.97 Å². The molecule has 0 bridgehead atoms. The zero-order valence-electron chi connectivity index (χ0n) is 12.9. The van der Waals surface area contributed by atoms with E-state index < -0.39 is 0 Å². The molecule has 1 aliphatic rings. The van der Waals surface area contributed by atoms with Crippen LogP contribution in [0.2, 0.25) is 0 Å². The molecule has 0 spiro atoms. The van der Waals surface area contributed by atoms with Crippen LogP contribution < -0.4 is 10.5 Å². The molecule has 6 nitrogen and oxygen atoms in total. The summed E-state index contributed by atoms with van der Waals surface area (Å²) in [4.78, 5) is 22.7. The Balaban J connectivity index is 1.84. The van der Waals surface area contributed by atoms with Crippen molar-refractivity contribution in [1.29, 1.82) is 0 Å². The van der Waals surface area contributed by atoms with Gasteiger partial charge in [-0.3, -0.25) is 4.79 Å². The van der Waals surface area contributed by atoms with Gasteiger partial charge in [0.05, 0.1) is 6.10 Å². The summed E-state index contributed by atoms with van der Waals surface area (Å²) < 4.78 is 1.57. The second-order valence-electron chi connectivity index (χ2n) is 5.82. The topological polar surface area (TPSA) is 71.2 Å². The van der Waals surface area contributed by atoms with Gasteiger partial charge in [-0.1, -0.05) is 0 Å². The van der Waals surface area contributed by atoms with E-state index in [1.165, 1.54) is 0 Å². The fourth-order valence-electron chi connectivity index (χ4n) is 2.74. The van der Waals surface area contributed by atoms with Crippen LogP contribution in [0.15, 0.2) is 29.5 Å². The number of hydrogen-bond donors (Lipinski definition) is 1. The van der Waals surface area contributed by atoms with Gasteiger partial charge in [0.1, 0.15) is 0 Å². The molecule has 0 unspecified atom stereocenters. The molecule has 22 heavy (non-hydrogen) atoms. The number of hydrogen-bond acceptors (Lipinski definition) is 5. The smallest absolute Gasteiger partial charge is 0.253 e. The number of piperidine rings is 1. The van der Waals surface area contributed by atoms with Crippen LogP contribution in [-0.4, -0.2) is 38.8 Å². The maximum atomic E-state index is 11.7. The van der Waals surface area contributed by atoms with Gasteiger partial charge in [0.25, 0.3) is 5.56 Å². The molecule has 3 heterocycles. The third kappa shape index (κ3) is 2.87. The van der Waals surface area contributed by atoms with Crippen LogP contribution in [0.5, 0.6) is 0 Å². The van der Waals surface area contributed by atoms with Crippen LogP contribution in [0.25, 0.3) is 11.1 Å². The Morgan fingerprint density at radius 2 is 1.82 bits per heavy atom. The van der Waals surface area contributed by atoms with Crippen LogP contribution in [0.3, 0.4) is 0 Å². The highest BCUT2D eigenvalue weighted by atomic mass is 16.3. The molecule has 0 amide bonds. The van der Waals surface area contributed by atoms with Crippen LogP contribution >= 0.6 is 0 Å². The predicted molar refractivity (Wildman–Crippen MR) is 84.9 cm³/mol. The van der Waals surface area contributed by atoms with Gasteiger partial charge >= 0.3 is 0 Å². The minimum Gasteiger partial charge on any atom is -0.393 e. The van der Waals surface area contributed by atoms with Gasteiger partial charge in [0.2, 0.25) is 5.95 Å². The molecule has 1 aliphatic heterocycles. The van der Waals surface area contributed by atoms with E-state index in [9.17, 15) is 9.90 Å². The molecule has 6 heteroatoms. The molecular formula is C16H20N4O2. The average molecular weight is 300 g/mol. The molecule has 1 saturated heterocycles. The van der Waals surface area contributed by atoms with Gasteiger partial charge in [0.15, 0.2) is 0 Å². The number of aryl methyl sites for hydroxylation is 2. The Bertz CT molecular complexity index is 690. The van der Waals surface area contributed by atoms with Gasteiger partial charge < -0.3 is 14.6 Å². The highest BCUT2D eigenvalue weighted by Crippen LogP contribution is 2.20. The van der Waals surface area contributed by atoms with E-state index in [-0.39, 0.29) is 11.7 Å². The van der Waals surface area contributed by atoms with Gasteiger partial charge in [-0.05, 0) is 25.8 Å². The van der Waals surface area contributed by atoms with Crippen molar-refractivity contribution in [2.24, 2.45) is 7.05 Å². The highest BCUT2D eigenvalue weighted by Gasteiger charge is 2.19. The summed E-state index contributed by atoms with van der Waals surface area (Å²) in [6.07, 6.45) is 6.67. The van der Waals surface area contributed by atoms with Crippen molar-refractivity contribution in [3.05, 3.63) is 40.6 Å². The van der Waals surface area contributed by atoms with Crippen LogP contribution in [0.1, 0.15) is 18.4 Å². The minimum atomic E-state index is -0.205. The monoisotopic (exact) mass is 300 g/mol. The van der Waals surface area contributed by atoms with Crippen molar-refractivity contribution >= 4 is 5.95 Å². The zero-order valence-corrected chi connectivity index (χ0v) is 12.9. The first-order chi connectivity index (χ1) is 10.5. The Hall–Kier alpha value is -2.21. The molecule has 0 aliphatic carbocycles. The van der Waals surface area contributed by atoms with E-state index in [0.29, 0.717) is 11.5 Å². The lowest BCUT2D eigenvalue weighted by molar-refractivity contribution is 0.145. The second kappa shape index (κ2) is 5.88. The summed E-state index contributed by atoms with van der Waals surface area (Å²) in [6.45, 7) is 3.36. The van der Waals surface area contributed by atoms with E-state index in [1.54, 1.807) is 37.1 Å². The molecule has 0 aromatic carbocycles. The predicted octanol–water partition coefficient (Wildman–Crippen LogP) is 1.11. The van der Waals surface area contributed by atoms with E-state index in [1.807, 2.05) is 6.07 Å². The molecule has 3 rings (SSSR count). The van der Waals surface area contributed by atoms with Crippen LogP contribution in [0, 0.1) is 6.92 Å². The second-order valence-corrected chi connectivity index (χ2v) is 5.82. The van der Waals surface area contributed by atoms with Crippen molar-refractivity contribution in [3.8, 4) is 11.1 Å². The number of rotatable bonds is 2. The molecule has 0 atom stereocenters. The first-order valence-electron chi connectivity index (χ1n) is 7.47. The first kappa shape index (κ1) is 14.7. The molecule has 0 saturated carbocycles. The molecule has 1 N–H and O–H groups in total. The quantitative estimate of drug-likeness (QED) is 0.899. The Morgan fingerprint density at radius 1 is 1.18 bits per heavy atom. The summed E-state index contributed by atoms with van der Waals surface area (Å²) in [6, 6.07) is 1.86. The van der Waals surface area contributed by atoms with E-state index in [4.69, 9.17) is 0 Å². The lowest BCUT2D eigenvalue weighted by Crippen LogP contribution is -2.36. The largest absolute Gasteiger partial charge is 0.393 e. The first-order valence-corrected chi connectivity index (χ1v) is 7.47. The average Bonchev–Trinajstić information content (AvgIpc) is 2.53. The highest BCUT2D eigenvalue weighted by molar-refractivity contribution is 5.61. The summed E-state index contributed by atoms with van der Waals surface area (Å²) in [5.74, 6) is 0.692. The van der Waals surface area contributed by atoms with Crippen molar-refractivity contribution in [1.82, 2.24) is 14.5 Å². The fraction of sp³-hybridized carbons (Fsp3) is 0.438. The van der Waals surface area contributed by atoms with Gasteiger partial charge in [-0.2, -0.15) is 0 Å². The van der Waals surface area contributed by atoms with Gasteiger partial charge in [-0.15, -0.1) is 0 Å². The number of aliphatic hydroxyl groups excluding tert-OH is 1. The van der Waals surface area contributed by atoms with Crippen molar-refractivity contribution < 1.29 is 5.11 Å². The molecule has 116 valence electrons. The van der Waals surface area contributed by atoms with Crippen LogP contribution in [0.4, 0.5) is 5.95 Å². The van der Waals surface area contributed by atoms with Crippen LogP contribution in [-0.2, 0) is 7.05 Å². The Labute approximate surface area is 129 Å². The van der Waals surface area contributed by atoms with E-state index >= 15 is 0 Å². The lowest BCUT2D eigenvalue weighted by Gasteiger charge is -2.29. The number of pyridine rings is 1. The zero-order chi connectivity index (χ0) is 15.7. The van der Waals surface area contributed by atoms with Gasteiger partial charge in [0, 0.05) is 55.4 Å². The van der Waals surface area contributed by atoms with Crippen molar-refractivity contribution in [2.45, 2.75) is 25.9 Å². The number of aromatic nitrogens is 3. The maximum absolute atomic E-state index is 11.7. The fourth-order valence-corrected chi connectivity index (χ4v) is 2.74. The van der Waals surface area contributed by atoms with Crippen molar-refractivity contribution in [2.75, 3.05) is 18.0 Å². The number of aliphatic hydroxyl groups is 1. The Kier molecular flexibility index (Phi) is 3.94. The summed E-state index contributed by atoms with van der Waals surface area (Å²) in [5, 5.41) is 9.55. The third-order valence-corrected chi connectivity index (χ3v) is 4.08. The standard InChI is InChI=1S/C16H20N4O2/c1-11-7-12(10-19(2)15(11)22)13-8-17-16(18-9-13)20-5-3-14(21)4-6-20/h7-10,14,21H,3-6H2,1-2H3. The third-order valence-electron chi connectivity index (χ3n) is 4.08. The minimum absolute atomic E-state index is 0.00756. The lowest BCUT2D eigenvalue weighted by atomic mass is 10.1. The molecule has 2 aromatic heterocycles. The molecule has 2 aromatic rings. The maximum Gasteiger partial charge on any atom is 0.253 e. The SMILES string of the molecule is Cc1cc(-c2cnc(N3CCC(O)CC3)nc2)cn(C)c1=O. The summed E-state index contributed by atoms with van der Waals surface area (Å²) in [5.41, 5.74) is 2.53. The van der Waals surface area contributed by atoms with Crippen molar-refractivity contribution in [3.63, 3.8) is 0 Å². The Morgan fingerprint density at radius 3 is 2.41 bits per heavy atom. The normalized spacial score (nSPS) is 16.0. The summed E-state index contributed by atoms with van der Waals surface area (Å²) in [7, 11) is 1.74. The number of anilines is 1. The molecular weight excluding hydrogens is 280 g/mol. The van der Waals surface area contributed by atoms with E-state index in [2.05, 4.69) is 14.9 Å². The van der Waals surface area contributed by atoms with E-state index in [0.717, 1.165) is 37.1 Å². The number of nitrogens with zero attached hydrogens (tertiary/aromatic N) is 4.